The summed E-state index contributed by atoms with van der Waals surface area (Å²) < 4.78 is 42.9. The van der Waals surface area contributed by atoms with Gasteiger partial charge in [0.2, 0.25) is 5.91 Å². The van der Waals surface area contributed by atoms with Crippen molar-refractivity contribution in [2.24, 2.45) is 0 Å². The van der Waals surface area contributed by atoms with Crippen molar-refractivity contribution < 1.29 is 27.5 Å². The summed E-state index contributed by atoms with van der Waals surface area (Å²) in [7, 11) is 0. The highest BCUT2D eigenvalue weighted by atomic mass is 32.2. The molecule has 1 aromatic heterocycles. The third kappa shape index (κ3) is 4.75. The Kier molecular flexibility index (Phi) is 5.78. The molecule has 1 N–H and O–H groups in total. The van der Waals surface area contributed by atoms with Crippen LogP contribution in [0.5, 0.6) is 5.75 Å². The molecule has 3 rings (SSSR count). The molecule has 2 amide bonds. The van der Waals surface area contributed by atoms with Crippen LogP contribution in [-0.4, -0.2) is 35.0 Å². The van der Waals surface area contributed by atoms with E-state index < -0.39 is 17.5 Å². The third-order valence-corrected chi connectivity index (χ3v) is 4.61. The van der Waals surface area contributed by atoms with Gasteiger partial charge in [0.1, 0.15) is 12.3 Å². The van der Waals surface area contributed by atoms with E-state index in [4.69, 9.17) is 4.74 Å². The number of benzene rings is 1. The van der Waals surface area contributed by atoms with Crippen LogP contribution < -0.4 is 15.0 Å². The number of carbonyl (C=O) groups is 2. The summed E-state index contributed by atoms with van der Waals surface area (Å²) in [6.07, 6.45) is 0.898. The summed E-state index contributed by atoms with van der Waals surface area (Å²) in [5, 5.41) is 2.65. The number of fused-ring (bicyclic) bond motifs is 1. The molecule has 2 aromatic rings. The normalized spacial score (nSPS) is 14.9. The Morgan fingerprint density at radius 1 is 1.32 bits per heavy atom. The monoisotopic (exact) mass is 411 g/mol. The Hall–Kier alpha value is -2.75. The van der Waals surface area contributed by atoms with Gasteiger partial charge in [0.25, 0.3) is 5.91 Å². The molecule has 1 atom stereocenters. The van der Waals surface area contributed by atoms with E-state index in [-0.39, 0.29) is 34.9 Å². The van der Waals surface area contributed by atoms with Gasteiger partial charge >= 0.3 is 5.51 Å². The number of nitrogens with one attached hydrogen (secondary N) is 1. The zero-order valence-electron chi connectivity index (χ0n) is 14.7. The van der Waals surface area contributed by atoms with Crippen molar-refractivity contribution in [2.45, 2.75) is 29.9 Å². The highest BCUT2D eigenvalue weighted by Crippen LogP contribution is 2.37. The van der Waals surface area contributed by atoms with E-state index in [0.717, 1.165) is 0 Å². The maximum Gasteiger partial charge on any atom is 0.446 e. The van der Waals surface area contributed by atoms with E-state index in [1.54, 1.807) is 19.1 Å². The number of amides is 2. The van der Waals surface area contributed by atoms with Gasteiger partial charge in [-0.25, -0.2) is 4.98 Å². The number of pyridine rings is 1. The second kappa shape index (κ2) is 8.09. The van der Waals surface area contributed by atoms with Gasteiger partial charge in [-0.05, 0) is 54.6 Å². The minimum absolute atomic E-state index is 0.0186. The summed E-state index contributed by atoms with van der Waals surface area (Å²) in [6, 6.07) is 8.57. The molecule has 1 aliphatic rings. The van der Waals surface area contributed by atoms with Crippen molar-refractivity contribution in [3.05, 3.63) is 42.6 Å². The molecule has 1 aromatic carbocycles. The van der Waals surface area contributed by atoms with E-state index in [2.05, 4.69) is 10.3 Å². The first-order valence-corrected chi connectivity index (χ1v) is 9.17. The van der Waals surface area contributed by atoms with Crippen LogP contribution in [0.3, 0.4) is 0 Å². The number of anilines is 2. The van der Waals surface area contributed by atoms with Gasteiger partial charge in [-0.3, -0.25) is 14.5 Å². The fraction of sp³-hybridized carbons (Fsp3) is 0.278. The molecule has 2 heterocycles. The fourth-order valence-corrected chi connectivity index (χ4v) is 3.21. The van der Waals surface area contributed by atoms with Gasteiger partial charge < -0.3 is 10.1 Å². The number of nitrogens with zero attached hydrogens (tertiary/aromatic N) is 2. The van der Waals surface area contributed by atoms with Gasteiger partial charge in [-0.2, -0.15) is 13.2 Å². The predicted molar refractivity (Wildman–Crippen MR) is 98.3 cm³/mol. The Morgan fingerprint density at radius 2 is 2.04 bits per heavy atom. The number of halogens is 3. The lowest BCUT2D eigenvalue weighted by atomic mass is 10.2. The van der Waals surface area contributed by atoms with Crippen molar-refractivity contribution in [3.8, 4) is 5.75 Å². The molecule has 0 saturated carbocycles. The number of carbonyl (C=O) groups excluding carboxylic acids is 2. The Balaban J connectivity index is 1.75. The molecular weight excluding hydrogens is 395 g/mol. The van der Waals surface area contributed by atoms with Crippen molar-refractivity contribution in [3.63, 3.8) is 0 Å². The fourth-order valence-electron chi connectivity index (χ4n) is 2.67. The van der Waals surface area contributed by atoms with Crippen molar-refractivity contribution in [2.75, 3.05) is 16.8 Å². The highest BCUT2D eigenvalue weighted by Gasteiger charge is 2.33. The second-order valence-electron chi connectivity index (χ2n) is 5.88. The van der Waals surface area contributed by atoms with Crippen LogP contribution in [0.1, 0.15) is 13.3 Å². The molecule has 10 heteroatoms. The van der Waals surface area contributed by atoms with Crippen LogP contribution in [0.15, 0.2) is 47.5 Å². The maximum absolute atomic E-state index is 12.9. The van der Waals surface area contributed by atoms with Crippen LogP contribution in [0, 0.1) is 0 Å². The topological polar surface area (TPSA) is 71.5 Å². The van der Waals surface area contributed by atoms with E-state index in [1.165, 1.54) is 35.4 Å². The Morgan fingerprint density at radius 3 is 2.68 bits per heavy atom. The van der Waals surface area contributed by atoms with Gasteiger partial charge in [0.15, 0.2) is 11.9 Å². The smallest absolute Gasteiger partial charge is 0.446 e. The lowest BCUT2D eigenvalue weighted by molar-refractivity contribution is -0.127. The van der Waals surface area contributed by atoms with Crippen LogP contribution >= 0.6 is 11.8 Å². The second-order valence-corrected chi connectivity index (χ2v) is 7.02. The summed E-state index contributed by atoms with van der Waals surface area (Å²) in [5.41, 5.74) is -3.95. The molecule has 148 valence electrons. The van der Waals surface area contributed by atoms with Gasteiger partial charge in [-0.15, -0.1) is 0 Å². The van der Waals surface area contributed by atoms with Crippen LogP contribution in [0.2, 0.25) is 0 Å². The van der Waals surface area contributed by atoms with Crippen molar-refractivity contribution >= 4 is 35.1 Å². The maximum atomic E-state index is 12.9. The third-order valence-electron chi connectivity index (χ3n) is 3.87. The van der Waals surface area contributed by atoms with Gasteiger partial charge in [0.05, 0.1) is 5.69 Å². The van der Waals surface area contributed by atoms with Crippen molar-refractivity contribution in [1.29, 1.82) is 0 Å². The molecule has 0 fully saturated rings. The average Bonchev–Trinajstić information content (AvgIpc) is 2.65. The minimum Gasteiger partial charge on any atom is -0.481 e. The van der Waals surface area contributed by atoms with Gasteiger partial charge in [-0.1, -0.05) is 6.92 Å². The molecule has 1 unspecified atom stereocenters. The number of thioether (sulfide) groups is 1. The molecule has 1 aliphatic heterocycles. The number of alkyl halides is 3. The average molecular weight is 411 g/mol. The van der Waals surface area contributed by atoms with Gasteiger partial charge in [0, 0.05) is 11.1 Å². The first kappa shape index (κ1) is 20.0. The number of hydrogen-bond acceptors (Lipinski definition) is 5. The molecule has 0 spiro atoms. The lowest BCUT2D eigenvalue weighted by Gasteiger charge is -2.30. The van der Waals surface area contributed by atoms with Crippen molar-refractivity contribution in [1.82, 2.24) is 4.98 Å². The van der Waals surface area contributed by atoms with E-state index >= 15 is 0 Å². The largest absolute Gasteiger partial charge is 0.481 e. The number of aromatic nitrogens is 1. The molecule has 6 nitrogen and oxygen atoms in total. The molecular formula is C18H16F3N3O3S. The van der Waals surface area contributed by atoms with Crippen LogP contribution in [0.25, 0.3) is 0 Å². The quantitative estimate of drug-likeness (QED) is 0.757. The number of ether oxygens (including phenoxy) is 1. The highest BCUT2D eigenvalue weighted by molar-refractivity contribution is 8.00. The first-order valence-electron chi connectivity index (χ1n) is 8.35. The predicted octanol–water partition coefficient (Wildman–Crippen LogP) is 3.84. The summed E-state index contributed by atoms with van der Waals surface area (Å²) in [6.45, 7) is 1.55. The summed E-state index contributed by atoms with van der Waals surface area (Å²) in [4.78, 5) is 30.2. The molecule has 28 heavy (non-hydrogen) atoms. The zero-order valence-corrected chi connectivity index (χ0v) is 15.5. The molecule has 0 saturated heterocycles. The summed E-state index contributed by atoms with van der Waals surface area (Å²) in [5.74, 6) is -0.219. The standard InChI is InChI=1S/C18H16F3N3O3S/c1-2-14(27-11-5-7-12(8-6-11)28-18(19,20)21)17(26)24-10-15(25)23-13-4-3-9-22-16(13)24/h3-9,14H,2,10H2,1H3,(H,23,25). The molecule has 0 bridgehead atoms. The van der Waals surface area contributed by atoms with Crippen LogP contribution in [-0.2, 0) is 9.59 Å². The van der Waals surface area contributed by atoms with E-state index in [0.29, 0.717) is 17.9 Å². The minimum atomic E-state index is -4.38. The zero-order chi connectivity index (χ0) is 20.3. The van der Waals surface area contributed by atoms with E-state index in [1.807, 2.05) is 0 Å². The number of rotatable bonds is 5. The Bertz CT molecular complexity index is 874. The molecule has 0 aliphatic carbocycles. The lowest BCUT2D eigenvalue weighted by Crippen LogP contribution is -2.48. The Labute approximate surface area is 163 Å². The SMILES string of the molecule is CCC(Oc1ccc(SC(F)(F)F)cc1)C(=O)N1CC(=O)Nc2cccnc21. The number of hydrogen-bond donors (Lipinski definition) is 1. The van der Waals surface area contributed by atoms with Crippen LogP contribution in [0.4, 0.5) is 24.7 Å². The molecule has 0 radical (unpaired) electrons. The van der Waals surface area contributed by atoms with E-state index in [9.17, 15) is 22.8 Å². The first-order chi connectivity index (χ1) is 13.3. The summed E-state index contributed by atoms with van der Waals surface area (Å²) >= 11 is -0.228.